The van der Waals surface area contributed by atoms with Crippen molar-refractivity contribution in [2.45, 2.75) is 18.9 Å². The van der Waals surface area contributed by atoms with E-state index in [1.807, 2.05) is 13.1 Å². The number of likely N-dealkylation sites (N-methyl/N-ethyl adjacent to an activating group) is 1. The molecule has 0 aromatic carbocycles. The topological polar surface area (TPSA) is 68.3 Å². The van der Waals surface area contributed by atoms with Crippen LogP contribution in [0.25, 0.3) is 0 Å². The third kappa shape index (κ3) is 5.46. The average molecular weight is 272 g/mol. The summed E-state index contributed by atoms with van der Waals surface area (Å²) in [5.74, 6) is 0.776. The molecule has 0 spiro atoms. The van der Waals surface area contributed by atoms with Gasteiger partial charge in [0.2, 0.25) is 5.88 Å². The van der Waals surface area contributed by atoms with Crippen molar-refractivity contribution in [3.8, 4) is 5.88 Å². The molecule has 1 atom stereocenters. The fourth-order valence-corrected chi connectivity index (χ4v) is 2.35. The first kappa shape index (κ1) is 14.9. The van der Waals surface area contributed by atoms with Gasteiger partial charge in [0.25, 0.3) is 0 Å². The molecular weight excluding hydrogens is 252 g/mol. The van der Waals surface area contributed by atoms with Crippen LogP contribution in [0.2, 0.25) is 0 Å². The first-order chi connectivity index (χ1) is 8.44. The standard InChI is InChI=1S/C12H20N2O3S/c1-13-11(6-7-18(3,15)16)8-10-4-5-12(17-2)14-9-10/h4-5,9,11,13H,6-8H2,1-3H3. The molecule has 0 aliphatic carbocycles. The van der Waals surface area contributed by atoms with Crippen molar-refractivity contribution >= 4 is 9.84 Å². The van der Waals surface area contributed by atoms with Gasteiger partial charge in [-0.15, -0.1) is 0 Å². The molecule has 0 aliphatic rings. The molecule has 1 rings (SSSR count). The summed E-state index contributed by atoms with van der Waals surface area (Å²) in [5, 5.41) is 3.13. The average Bonchev–Trinajstić information content (AvgIpc) is 2.34. The van der Waals surface area contributed by atoms with E-state index < -0.39 is 9.84 Å². The summed E-state index contributed by atoms with van der Waals surface area (Å²) in [6, 6.07) is 3.88. The molecule has 0 saturated carbocycles. The normalized spacial score (nSPS) is 13.3. The molecule has 0 fully saturated rings. The van der Waals surface area contributed by atoms with E-state index >= 15 is 0 Å². The zero-order chi connectivity index (χ0) is 13.6. The van der Waals surface area contributed by atoms with E-state index in [2.05, 4.69) is 10.3 Å². The quantitative estimate of drug-likeness (QED) is 0.789. The maximum atomic E-state index is 11.1. The fourth-order valence-electron chi connectivity index (χ4n) is 1.64. The lowest BCUT2D eigenvalue weighted by Gasteiger charge is -2.15. The summed E-state index contributed by atoms with van der Waals surface area (Å²) in [4.78, 5) is 4.13. The maximum absolute atomic E-state index is 11.1. The van der Waals surface area contributed by atoms with Gasteiger partial charge in [0, 0.05) is 24.6 Å². The molecule has 0 amide bonds. The van der Waals surface area contributed by atoms with Gasteiger partial charge < -0.3 is 10.1 Å². The van der Waals surface area contributed by atoms with E-state index in [1.165, 1.54) is 6.26 Å². The van der Waals surface area contributed by atoms with Crippen molar-refractivity contribution in [2.75, 3.05) is 26.2 Å². The summed E-state index contributed by atoms with van der Waals surface area (Å²) < 4.78 is 27.2. The molecule has 1 aromatic heterocycles. The van der Waals surface area contributed by atoms with Gasteiger partial charge in [-0.05, 0) is 25.5 Å². The van der Waals surface area contributed by atoms with Crippen molar-refractivity contribution in [1.29, 1.82) is 0 Å². The summed E-state index contributed by atoms with van der Waals surface area (Å²) in [7, 11) is 0.503. The first-order valence-corrected chi connectivity index (χ1v) is 7.84. The van der Waals surface area contributed by atoms with Gasteiger partial charge in [0.1, 0.15) is 9.84 Å². The maximum Gasteiger partial charge on any atom is 0.212 e. The lowest BCUT2D eigenvalue weighted by molar-refractivity contribution is 0.397. The van der Waals surface area contributed by atoms with Gasteiger partial charge in [-0.2, -0.15) is 0 Å². The number of pyridine rings is 1. The molecule has 1 unspecified atom stereocenters. The van der Waals surface area contributed by atoms with Crippen molar-refractivity contribution in [3.63, 3.8) is 0 Å². The second-order valence-corrected chi connectivity index (χ2v) is 6.58. The summed E-state index contributed by atoms with van der Waals surface area (Å²) in [6.07, 6.45) is 4.36. The van der Waals surface area contributed by atoms with Crippen molar-refractivity contribution < 1.29 is 13.2 Å². The minimum absolute atomic E-state index is 0.134. The van der Waals surface area contributed by atoms with Gasteiger partial charge >= 0.3 is 0 Å². The van der Waals surface area contributed by atoms with Crippen LogP contribution in [0.1, 0.15) is 12.0 Å². The zero-order valence-electron chi connectivity index (χ0n) is 11.0. The van der Waals surface area contributed by atoms with Crippen LogP contribution in [0, 0.1) is 0 Å². The minimum atomic E-state index is -2.91. The number of rotatable bonds is 7. The van der Waals surface area contributed by atoms with Gasteiger partial charge in [-0.1, -0.05) is 6.07 Å². The van der Waals surface area contributed by atoms with E-state index in [0.29, 0.717) is 12.3 Å². The number of hydrogen-bond acceptors (Lipinski definition) is 5. The monoisotopic (exact) mass is 272 g/mol. The van der Waals surface area contributed by atoms with Gasteiger partial charge in [-0.25, -0.2) is 13.4 Å². The Labute approximate surface area is 108 Å². The number of aromatic nitrogens is 1. The van der Waals surface area contributed by atoms with Crippen molar-refractivity contribution in [1.82, 2.24) is 10.3 Å². The number of sulfone groups is 1. The molecule has 0 radical (unpaired) electrons. The highest BCUT2D eigenvalue weighted by molar-refractivity contribution is 7.90. The van der Waals surface area contributed by atoms with Gasteiger partial charge in [-0.3, -0.25) is 0 Å². The van der Waals surface area contributed by atoms with Crippen molar-refractivity contribution in [2.24, 2.45) is 0 Å². The van der Waals surface area contributed by atoms with Crippen LogP contribution in [-0.2, 0) is 16.3 Å². The Morgan fingerprint density at radius 3 is 2.61 bits per heavy atom. The second-order valence-electron chi connectivity index (χ2n) is 4.32. The van der Waals surface area contributed by atoms with Crippen LogP contribution in [0.15, 0.2) is 18.3 Å². The number of ether oxygens (including phenoxy) is 1. The van der Waals surface area contributed by atoms with Crippen LogP contribution < -0.4 is 10.1 Å². The van der Waals surface area contributed by atoms with Crippen LogP contribution in [0.5, 0.6) is 5.88 Å². The highest BCUT2D eigenvalue weighted by Gasteiger charge is 2.11. The second kappa shape index (κ2) is 6.70. The summed E-state index contributed by atoms with van der Waals surface area (Å²) in [6.45, 7) is 0. The smallest absolute Gasteiger partial charge is 0.212 e. The molecule has 6 heteroatoms. The molecule has 102 valence electrons. The molecule has 18 heavy (non-hydrogen) atoms. The van der Waals surface area contributed by atoms with Gasteiger partial charge in [0.05, 0.1) is 12.9 Å². The molecule has 1 aromatic rings. The third-order valence-corrected chi connectivity index (χ3v) is 3.71. The van der Waals surface area contributed by atoms with E-state index in [9.17, 15) is 8.42 Å². The Kier molecular flexibility index (Phi) is 5.55. The van der Waals surface area contributed by atoms with Crippen LogP contribution >= 0.6 is 0 Å². The molecule has 5 nitrogen and oxygen atoms in total. The first-order valence-electron chi connectivity index (χ1n) is 5.78. The molecule has 0 saturated heterocycles. The Bertz CT molecular complexity index is 457. The predicted octanol–water partition coefficient (Wildman–Crippen LogP) is 0.655. The van der Waals surface area contributed by atoms with Crippen molar-refractivity contribution in [3.05, 3.63) is 23.9 Å². The highest BCUT2D eigenvalue weighted by Crippen LogP contribution is 2.10. The highest BCUT2D eigenvalue weighted by atomic mass is 32.2. The number of methoxy groups -OCH3 is 1. The zero-order valence-corrected chi connectivity index (χ0v) is 11.8. The number of hydrogen-bond donors (Lipinski definition) is 1. The van der Waals surface area contributed by atoms with Crippen LogP contribution in [-0.4, -0.2) is 45.6 Å². The molecule has 0 aliphatic heterocycles. The van der Waals surface area contributed by atoms with Crippen LogP contribution in [0.4, 0.5) is 0 Å². The van der Waals surface area contributed by atoms with E-state index in [1.54, 1.807) is 19.4 Å². The largest absolute Gasteiger partial charge is 0.481 e. The van der Waals surface area contributed by atoms with E-state index in [4.69, 9.17) is 4.74 Å². The van der Waals surface area contributed by atoms with E-state index in [-0.39, 0.29) is 11.8 Å². The number of nitrogens with zero attached hydrogens (tertiary/aromatic N) is 1. The van der Waals surface area contributed by atoms with Gasteiger partial charge in [0.15, 0.2) is 0 Å². The van der Waals surface area contributed by atoms with Crippen LogP contribution in [0.3, 0.4) is 0 Å². The Balaban J connectivity index is 2.56. The predicted molar refractivity (Wildman–Crippen MR) is 71.7 cm³/mol. The molecular formula is C12H20N2O3S. The lowest BCUT2D eigenvalue weighted by Crippen LogP contribution is -2.29. The summed E-state index contributed by atoms with van der Waals surface area (Å²) in [5.41, 5.74) is 1.06. The van der Waals surface area contributed by atoms with E-state index in [0.717, 1.165) is 12.0 Å². The lowest BCUT2D eigenvalue weighted by atomic mass is 10.1. The Hall–Kier alpha value is -1.14. The fraction of sp³-hybridized carbons (Fsp3) is 0.583. The SMILES string of the molecule is CNC(CCS(C)(=O)=O)Cc1ccc(OC)nc1. The minimum Gasteiger partial charge on any atom is -0.481 e. The summed E-state index contributed by atoms with van der Waals surface area (Å²) >= 11 is 0. The molecule has 1 heterocycles. The molecule has 0 bridgehead atoms. The third-order valence-electron chi connectivity index (χ3n) is 2.73. The Morgan fingerprint density at radius 1 is 1.44 bits per heavy atom. The molecule has 1 N–H and O–H groups in total. The number of nitrogens with one attached hydrogen (secondary N) is 1. The Morgan fingerprint density at radius 2 is 2.17 bits per heavy atom.